The lowest BCUT2D eigenvalue weighted by molar-refractivity contribution is -0.137. The minimum absolute atomic E-state index is 0.209. The summed E-state index contributed by atoms with van der Waals surface area (Å²) in [7, 11) is 0. The maximum absolute atomic E-state index is 13.6. The van der Waals surface area contributed by atoms with E-state index in [1.807, 2.05) is 0 Å². The van der Waals surface area contributed by atoms with E-state index >= 15 is 0 Å². The number of benzene rings is 1. The first kappa shape index (κ1) is 16.7. The van der Waals surface area contributed by atoms with E-state index in [1.54, 1.807) is 0 Å². The minimum Gasteiger partial charge on any atom is -0.393 e. The molecule has 1 amide bonds. The number of rotatable bonds is 3. The first-order valence-corrected chi connectivity index (χ1v) is 7.09. The van der Waals surface area contributed by atoms with Crippen LogP contribution in [0.5, 0.6) is 0 Å². The second-order valence-corrected chi connectivity index (χ2v) is 5.54. The van der Waals surface area contributed by atoms with Crippen molar-refractivity contribution in [1.82, 2.24) is 5.32 Å². The monoisotopic (exact) mass is 319 g/mol. The van der Waals surface area contributed by atoms with Crippen molar-refractivity contribution in [2.45, 2.75) is 44.5 Å². The van der Waals surface area contributed by atoms with Crippen LogP contribution in [-0.2, 0) is 17.5 Å². The van der Waals surface area contributed by atoms with Crippen LogP contribution in [-0.4, -0.2) is 17.1 Å². The number of hydrogen-bond donors (Lipinski definition) is 2. The third kappa shape index (κ3) is 4.19. The molecule has 0 unspecified atom stereocenters. The van der Waals surface area contributed by atoms with Crippen molar-refractivity contribution in [3.05, 3.63) is 35.1 Å². The van der Waals surface area contributed by atoms with Gasteiger partial charge in [0.25, 0.3) is 0 Å². The number of aliphatic hydroxyl groups is 1. The van der Waals surface area contributed by atoms with Gasteiger partial charge in [-0.15, -0.1) is 0 Å². The van der Waals surface area contributed by atoms with Crippen molar-refractivity contribution in [3.8, 4) is 0 Å². The molecule has 7 heteroatoms. The van der Waals surface area contributed by atoms with Gasteiger partial charge in [0.1, 0.15) is 5.82 Å². The number of alkyl halides is 3. The number of carbonyl (C=O) groups excluding carboxylic acids is 1. The number of nitrogens with one attached hydrogen (secondary N) is 1. The fourth-order valence-corrected chi connectivity index (χ4v) is 2.62. The van der Waals surface area contributed by atoms with Crippen molar-refractivity contribution < 1.29 is 27.5 Å². The van der Waals surface area contributed by atoms with Crippen molar-refractivity contribution in [2.24, 2.45) is 5.92 Å². The molecule has 0 saturated heterocycles. The number of carbonyl (C=O) groups is 1. The molecule has 2 atom stereocenters. The summed E-state index contributed by atoms with van der Waals surface area (Å²) in [6.45, 7) is -0.304. The molecule has 0 bridgehead atoms. The average Bonchev–Trinajstić information content (AvgIpc) is 2.44. The van der Waals surface area contributed by atoms with Crippen LogP contribution >= 0.6 is 0 Å². The molecular formula is C15H17F4NO2. The van der Waals surface area contributed by atoms with E-state index in [0.29, 0.717) is 31.4 Å². The summed E-state index contributed by atoms with van der Waals surface area (Å²) in [6, 6.07) is 2.11. The molecular weight excluding hydrogens is 302 g/mol. The average molecular weight is 319 g/mol. The molecule has 0 aliphatic heterocycles. The third-order valence-electron chi connectivity index (χ3n) is 3.84. The SMILES string of the molecule is O=C(NCc1cc(C(F)(F)F)ccc1F)[C@H]1CCC[C@@H](O)C1. The molecule has 0 aromatic heterocycles. The molecule has 122 valence electrons. The number of halogens is 4. The van der Waals surface area contributed by atoms with E-state index in [-0.39, 0.29) is 23.9 Å². The van der Waals surface area contributed by atoms with Crippen molar-refractivity contribution in [1.29, 1.82) is 0 Å². The Morgan fingerprint density at radius 3 is 2.68 bits per heavy atom. The highest BCUT2D eigenvalue weighted by Crippen LogP contribution is 2.30. The lowest BCUT2D eigenvalue weighted by Gasteiger charge is -2.25. The molecule has 22 heavy (non-hydrogen) atoms. The van der Waals surface area contributed by atoms with Gasteiger partial charge in [-0.2, -0.15) is 13.2 Å². The number of aliphatic hydroxyl groups excluding tert-OH is 1. The molecule has 1 aromatic carbocycles. The molecule has 0 spiro atoms. The fourth-order valence-electron chi connectivity index (χ4n) is 2.62. The predicted octanol–water partition coefficient (Wildman–Crippen LogP) is 3.01. The van der Waals surface area contributed by atoms with E-state index in [9.17, 15) is 27.5 Å². The maximum Gasteiger partial charge on any atom is 0.416 e. The molecule has 2 rings (SSSR count). The Balaban J connectivity index is 2.00. The lowest BCUT2D eigenvalue weighted by Crippen LogP contribution is -2.35. The second kappa shape index (κ2) is 6.64. The zero-order valence-electron chi connectivity index (χ0n) is 11.8. The van der Waals surface area contributed by atoms with Gasteiger partial charge in [-0.05, 0) is 37.5 Å². The van der Waals surface area contributed by atoms with Gasteiger partial charge in [-0.1, -0.05) is 6.42 Å². The van der Waals surface area contributed by atoms with Crippen LogP contribution in [0, 0.1) is 11.7 Å². The summed E-state index contributed by atoms with van der Waals surface area (Å²) in [6.07, 6.45) is -2.77. The van der Waals surface area contributed by atoms with Crippen LogP contribution in [0.15, 0.2) is 18.2 Å². The van der Waals surface area contributed by atoms with Gasteiger partial charge in [-0.25, -0.2) is 4.39 Å². The van der Waals surface area contributed by atoms with Gasteiger partial charge in [0.15, 0.2) is 0 Å². The van der Waals surface area contributed by atoms with Crippen LogP contribution in [0.25, 0.3) is 0 Å². The summed E-state index contributed by atoms with van der Waals surface area (Å²) in [5, 5.41) is 12.0. The molecule has 1 saturated carbocycles. The highest BCUT2D eigenvalue weighted by atomic mass is 19.4. The van der Waals surface area contributed by atoms with E-state index in [1.165, 1.54) is 0 Å². The van der Waals surface area contributed by atoms with E-state index in [2.05, 4.69) is 5.32 Å². The summed E-state index contributed by atoms with van der Waals surface area (Å²) in [5.41, 5.74) is -1.16. The van der Waals surface area contributed by atoms with Gasteiger partial charge in [0.05, 0.1) is 11.7 Å². The lowest BCUT2D eigenvalue weighted by atomic mass is 9.86. The summed E-state index contributed by atoms with van der Waals surface area (Å²) < 4.78 is 51.3. The van der Waals surface area contributed by atoms with Crippen LogP contribution in [0.1, 0.15) is 36.8 Å². The largest absolute Gasteiger partial charge is 0.416 e. The molecule has 1 aromatic rings. The summed E-state index contributed by atoms with van der Waals surface area (Å²) in [4.78, 5) is 11.9. The number of amides is 1. The normalized spacial score (nSPS) is 22.4. The van der Waals surface area contributed by atoms with Crippen LogP contribution in [0.2, 0.25) is 0 Å². The van der Waals surface area contributed by atoms with E-state index in [0.717, 1.165) is 12.5 Å². The first-order chi connectivity index (χ1) is 10.3. The van der Waals surface area contributed by atoms with Crippen molar-refractivity contribution in [2.75, 3.05) is 0 Å². The standard InChI is InChI=1S/C15H17F4NO2/c16-13-5-4-11(15(17,18)19)6-10(13)8-20-14(22)9-2-1-3-12(21)7-9/h4-6,9,12,21H,1-3,7-8H2,(H,20,22)/t9-,12+/m0/s1. The van der Waals surface area contributed by atoms with Crippen LogP contribution < -0.4 is 5.32 Å². The Morgan fingerprint density at radius 2 is 2.05 bits per heavy atom. The summed E-state index contributed by atoms with van der Waals surface area (Å²) >= 11 is 0. The highest BCUT2D eigenvalue weighted by molar-refractivity contribution is 5.78. The smallest absolute Gasteiger partial charge is 0.393 e. The zero-order valence-corrected chi connectivity index (χ0v) is 11.8. The molecule has 1 fully saturated rings. The Kier molecular flexibility index (Phi) is 5.05. The van der Waals surface area contributed by atoms with Crippen LogP contribution in [0.3, 0.4) is 0 Å². The van der Waals surface area contributed by atoms with Crippen molar-refractivity contribution in [3.63, 3.8) is 0 Å². The number of hydrogen-bond acceptors (Lipinski definition) is 2. The van der Waals surface area contributed by atoms with Crippen LogP contribution in [0.4, 0.5) is 17.6 Å². The Morgan fingerprint density at radius 1 is 1.32 bits per heavy atom. The molecule has 1 aliphatic rings. The zero-order chi connectivity index (χ0) is 16.3. The van der Waals surface area contributed by atoms with Gasteiger partial charge in [0, 0.05) is 18.0 Å². The van der Waals surface area contributed by atoms with E-state index < -0.39 is 23.7 Å². The van der Waals surface area contributed by atoms with Gasteiger partial charge >= 0.3 is 6.18 Å². The van der Waals surface area contributed by atoms with E-state index in [4.69, 9.17) is 0 Å². The first-order valence-electron chi connectivity index (χ1n) is 7.09. The fraction of sp³-hybridized carbons (Fsp3) is 0.533. The second-order valence-electron chi connectivity index (χ2n) is 5.54. The highest BCUT2D eigenvalue weighted by Gasteiger charge is 2.31. The quantitative estimate of drug-likeness (QED) is 0.842. The third-order valence-corrected chi connectivity index (χ3v) is 3.84. The molecule has 0 radical (unpaired) electrons. The molecule has 3 nitrogen and oxygen atoms in total. The van der Waals surface area contributed by atoms with Gasteiger partial charge in [-0.3, -0.25) is 4.79 Å². The van der Waals surface area contributed by atoms with Gasteiger partial charge in [0.2, 0.25) is 5.91 Å². The van der Waals surface area contributed by atoms with Gasteiger partial charge < -0.3 is 10.4 Å². The Hall–Kier alpha value is -1.63. The Labute approximate surface area is 125 Å². The Bertz CT molecular complexity index is 545. The topological polar surface area (TPSA) is 49.3 Å². The predicted molar refractivity (Wildman–Crippen MR) is 71.2 cm³/mol. The van der Waals surface area contributed by atoms with Crippen molar-refractivity contribution >= 4 is 5.91 Å². The molecule has 1 aliphatic carbocycles. The summed E-state index contributed by atoms with van der Waals surface area (Å²) in [5.74, 6) is -1.54. The molecule has 0 heterocycles. The maximum atomic E-state index is 13.6. The molecule has 2 N–H and O–H groups in total. The minimum atomic E-state index is -4.56.